The molecule has 0 fully saturated rings. The lowest BCUT2D eigenvalue weighted by Gasteiger charge is -2.40. The number of hydrogen-bond acceptors (Lipinski definition) is 5. The predicted octanol–water partition coefficient (Wildman–Crippen LogP) is 2.89. The maximum atomic E-state index is 12.8. The molecule has 2 aromatic carbocycles. The number of fused-ring (bicyclic) bond motifs is 1. The van der Waals surface area contributed by atoms with Gasteiger partial charge >= 0.3 is 0 Å². The summed E-state index contributed by atoms with van der Waals surface area (Å²) in [6.07, 6.45) is 1.39. The van der Waals surface area contributed by atoms with Crippen LogP contribution >= 0.6 is 0 Å². The molecule has 1 unspecified atom stereocenters. The van der Waals surface area contributed by atoms with Gasteiger partial charge in [-0.25, -0.2) is 0 Å². The Morgan fingerprint density at radius 2 is 1.54 bits per heavy atom. The SMILES string of the molecule is COc1ccc(CCNC(=O)C2(C)Cc3cc(OC)c(OC)cc32)cc1OC. The van der Waals surface area contributed by atoms with Crippen molar-refractivity contribution in [3.05, 3.63) is 47.0 Å². The first-order valence-corrected chi connectivity index (χ1v) is 9.21. The quantitative estimate of drug-likeness (QED) is 0.757. The number of benzene rings is 2. The molecule has 2 aromatic rings. The van der Waals surface area contributed by atoms with E-state index >= 15 is 0 Å². The highest BCUT2D eigenvalue weighted by molar-refractivity contribution is 5.91. The molecule has 1 N–H and O–H groups in total. The second-order valence-corrected chi connectivity index (χ2v) is 7.07. The van der Waals surface area contributed by atoms with Crippen LogP contribution in [-0.4, -0.2) is 40.9 Å². The van der Waals surface area contributed by atoms with Gasteiger partial charge in [-0.2, -0.15) is 0 Å². The van der Waals surface area contributed by atoms with E-state index in [1.54, 1.807) is 28.4 Å². The number of nitrogens with one attached hydrogen (secondary N) is 1. The third-order valence-corrected chi connectivity index (χ3v) is 5.40. The van der Waals surface area contributed by atoms with Gasteiger partial charge in [0.05, 0.1) is 33.9 Å². The largest absolute Gasteiger partial charge is 0.493 e. The van der Waals surface area contributed by atoms with Crippen LogP contribution in [0, 0.1) is 0 Å². The van der Waals surface area contributed by atoms with Gasteiger partial charge in [0.2, 0.25) is 5.91 Å². The van der Waals surface area contributed by atoms with Crippen molar-refractivity contribution in [1.29, 1.82) is 0 Å². The Kier molecular flexibility index (Phi) is 5.68. The highest BCUT2D eigenvalue weighted by atomic mass is 16.5. The number of ether oxygens (including phenoxy) is 4. The van der Waals surface area contributed by atoms with E-state index in [9.17, 15) is 4.79 Å². The van der Waals surface area contributed by atoms with E-state index in [0.717, 1.165) is 16.7 Å². The van der Waals surface area contributed by atoms with Crippen LogP contribution in [0.4, 0.5) is 0 Å². The Hall–Kier alpha value is -2.89. The molecule has 0 saturated heterocycles. The summed E-state index contributed by atoms with van der Waals surface area (Å²) in [6, 6.07) is 9.64. The Bertz CT molecular complexity index is 879. The molecule has 0 heterocycles. The van der Waals surface area contributed by atoms with Gasteiger partial charge in [0, 0.05) is 6.54 Å². The second-order valence-electron chi connectivity index (χ2n) is 7.07. The zero-order valence-corrected chi connectivity index (χ0v) is 17.0. The van der Waals surface area contributed by atoms with Gasteiger partial charge < -0.3 is 24.3 Å². The van der Waals surface area contributed by atoms with Crippen molar-refractivity contribution in [2.24, 2.45) is 0 Å². The van der Waals surface area contributed by atoms with E-state index in [1.165, 1.54) is 0 Å². The van der Waals surface area contributed by atoms with Crippen molar-refractivity contribution in [2.45, 2.75) is 25.2 Å². The van der Waals surface area contributed by atoms with Crippen LogP contribution in [0.3, 0.4) is 0 Å². The smallest absolute Gasteiger partial charge is 0.230 e. The average molecular weight is 385 g/mol. The molecule has 28 heavy (non-hydrogen) atoms. The van der Waals surface area contributed by atoms with Crippen LogP contribution in [-0.2, 0) is 23.1 Å². The summed E-state index contributed by atoms with van der Waals surface area (Å²) in [5, 5.41) is 3.06. The summed E-state index contributed by atoms with van der Waals surface area (Å²) in [6.45, 7) is 2.51. The van der Waals surface area contributed by atoms with Crippen molar-refractivity contribution < 1.29 is 23.7 Å². The molecule has 6 nitrogen and oxygen atoms in total. The lowest BCUT2D eigenvalue weighted by molar-refractivity contribution is -0.127. The van der Waals surface area contributed by atoms with Gasteiger partial charge in [0.1, 0.15) is 0 Å². The van der Waals surface area contributed by atoms with Crippen LogP contribution in [0.1, 0.15) is 23.6 Å². The molecular weight excluding hydrogens is 358 g/mol. The van der Waals surface area contributed by atoms with E-state index < -0.39 is 5.41 Å². The second kappa shape index (κ2) is 8.00. The molecule has 0 aliphatic heterocycles. The fraction of sp³-hybridized carbons (Fsp3) is 0.409. The summed E-state index contributed by atoms with van der Waals surface area (Å²) < 4.78 is 21.3. The lowest BCUT2D eigenvalue weighted by atomic mass is 9.64. The molecule has 0 radical (unpaired) electrons. The zero-order valence-electron chi connectivity index (χ0n) is 17.0. The summed E-state index contributed by atoms with van der Waals surface area (Å²) in [5.74, 6) is 2.74. The standard InChI is InChI=1S/C22H27NO5/c1-22(13-15-11-19(27-4)20(28-5)12-16(15)22)21(24)23-9-8-14-6-7-17(25-2)18(10-14)26-3/h6-7,10-12H,8-9,13H2,1-5H3,(H,23,24). The number of rotatable bonds is 8. The highest BCUT2D eigenvalue weighted by Gasteiger charge is 2.45. The van der Waals surface area contributed by atoms with Crippen molar-refractivity contribution in [2.75, 3.05) is 35.0 Å². The third kappa shape index (κ3) is 3.46. The third-order valence-electron chi connectivity index (χ3n) is 5.40. The predicted molar refractivity (Wildman–Crippen MR) is 107 cm³/mol. The molecule has 0 aromatic heterocycles. The Morgan fingerprint density at radius 3 is 2.18 bits per heavy atom. The molecule has 0 saturated carbocycles. The summed E-state index contributed by atoms with van der Waals surface area (Å²) in [7, 11) is 6.44. The van der Waals surface area contributed by atoms with Gasteiger partial charge in [-0.1, -0.05) is 6.07 Å². The van der Waals surface area contributed by atoms with Crippen LogP contribution in [0.5, 0.6) is 23.0 Å². The maximum Gasteiger partial charge on any atom is 0.230 e. The van der Waals surface area contributed by atoms with Crippen LogP contribution in [0.15, 0.2) is 30.3 Å². The van der Waals surface area contributed by atoms with E-state index in [4.69, 9.17) is 18.9 Å². The molecule has 1 aliphatic carbocycles. The van der Waals surface area contributed by atoms with Crippen molar-refractivity contribution in [3.8, 4) is 23.0 Å². The van der Waals surface area contributed by atoms with E-state index in [2.05, 4.69) is 5.32 Å². The Morgan fingerprint density at radius 1 is 0.929 bits per heavy atom. The van der Waals surface area contributed by atoms with Gasteiger partial charge in [-0.3, -0.25) is 4.79 Å². The normalized spacial score (nSPS) is 17.2. The van der Waals surface area contributed by atoms with Crippen LogP contribution in [0.2, 0.25) is 0 Å². The highest BCUT2D eigenvalue weighted by Crippen LogP contribution is 2.46. The Labute approximate surface area is 165 Å². The van der Waals surface area contributed by atoms with E-state index in [0.29, 0.717) is 42.4 Å². The molecule has 1 amide bonds. The van der Waals surface area contributed by atoms with Crippen LogP contribution < -0.4 is 24.3 Å². The number of carbonyl (C=O) groups excluding carboxylic acids is 1. The molecule has 1 atom stereocenters. The van der Waals surface area contributed by atoms with Gasteiger partial charge in [0.25, 0.3) is 0 Å². The first-order valence-electron chi connectivity index (χ1n) is 9.21. The molecule has 1 aliphatic rings. The summed E-state index contributed by atoms with van der Waals surface area (Å²) >= 11 is 0. The minimum atomic E-state index is -0.549. The van der Waals surface area contributed by atoms with Crippen molar-refractivity contribution in [1.82, 2.24) is 5.32 Å². The number of methoxy groups -OCH3 is 4. The zero-order chi connectivity index (χ0) is 20.3. The van der Waals surface area contributed by atoms with Crippen LogP contribution in [0.25, 0.3) is 0 Å². The van der Waals surface area contributed by atoms with Gasteiger partial charge in [0.15, 0.2) is 23.0 Å². The first kappa shape index (κ1) is 19.9. The summed E-state index contributed by atoms with van der Waals surface area (Å²) in [5.41, 5.74) is 2.64. The molecule has 0 bridgehead atoms. The minimum absolute atomic E-state index is 0.0210. The fourth-order valence-corrected chi connectivity index (χ4v) is 3.70. The topological polar surface area (TPSA) is 66.0 Å². The van der Waals surface area contributed by atoms with E-state index in [1.807, 2.05) is 37.3 Å². The van der Waals surface area contributed by atoms with E-state index in [-0.39, 0.29) is 5.91 Å². The minimum Gasteiger partial charge on any atom is -0.493 e. The molecule has 0 spiro atoms. The number of carbonyl (C=O) groups is 1. The van der Waals surface area contributed by atoms with Crippen molar-refractivity contribution >= 4 is 5.91 Å². The molecule has 6 heteroatoms. The molecule has 150 valence electrons. The number of amides is 1. The number of hydrogen-bond donors (Lipinski definition) is 1. The first-order chi connectivity index (χ1) is 13.5. The molecule has 3 rings (SSSR count). The van der Waals surface area contributed by atoms with Crippen molar-refractivity contribution in [3.63, 3.8) is 0 Å². The Balaban J connectivity index is 1.64. The van der Waals surface area contributed by atoms with Gasteiger partial charge in [-0.15, -0.1) is 0 Å². The lowest BCUT2D eigenvalue weighted by Crippen LogP contribution is -2.50. The summed E-state index contributed by atoms with van der Waals surface area (Å²) in [4.78, 5) is 12.8. The fourth-order valence-electron chi connectivity index (χ4n) is 3.70. The van der Waals surface area contributed by atoms with Gasteiger partial charge in [-0.05, 0) is 60.7 Å². The molecular formula is C22H27NO5. The average Bonchev–Trinajstić information content (AvgIpc) is 2.71. The monoisotopic (exact) mass is 385 g/mol. The maximum absolute atomic E-state index is 12.8.